The largest absolute Gasteiger partial charge is 0.308 e. The van der Waals surface area contributed by atoms with Crippen molar-refractivity contribution < 1.29 is 0 Å². The second-order valence-corrected chi connectivity index (χ2v) is 7.61. The van der Waals surface area contributed by atoms with Crippen LogP contribution in [0.25, 0.3) is 0 Å². The number of thioether (sulfide) groups is 1. The van der Waals surface area contributed by atoms with Gasteiger partial charge in [-0.2, -0.15) is 11.8 Å². The van der Waals surface area contributed by atoms with Gasteiger partial charge in [0, 0.05) is 22.7 Å². The van der Waals surface area contributed by atoms with Gasteiger partial charge >= 0.3 is 0 Å². The molecular weight excluding hydrogens is 246 g/mol. The molecule has 0 spiro atoms. The number of thiophene rings is 1. The van der Waals surface area contributed by atoms with Gasteiger partial charge in [0.1, 0.15) is 0 Å². The fourth-order valence-corrected chi connectivity index (χ4v) is 4.77. The lowest BCUT2D eigenvalue weighted by molar-refractivity contribution is 0.474. The molecule has 0 bridgehead atoms. The molecule has 0 radical (unpaired) electrons. The molecule has 1 saturated carbocycles. The fourth-order valence-electron chi connectivity index (χ4n) is 2.62. The monoisotopic (exact) mass is 267 g/mol. The van der Waals surface area contributed by atoms with Gasteiger partial charge in [-0.05, 0) is 48.8 Å². The van der Waals surface area contributed by atoms with Crippen molar-refractivity contribution in [1.82, 2.24) is 5.32 Å². The first-order valence-corrected chi connectivity index (χ1v) is 8.75. The lowest BCUT2D eigenvalue weighted by Gasteiger charge is -2.25. The molecule has 3 heteroatoms. The van der Waals surface area contributed by atoms with Crippen molar-refractivity contribution in [2.75, 3.05) is 12.3 Å². The average molecular weight is 267 g/mol. The number of rotatable bonds is 5. The van der Waals surface area contributed by atoms with Crippen molar-refractivity contribution in [3.05, 3.63) is 22.4 Å². The Balaban J connectivity index is 1.54. The third kappa shape index (κ3) is 3.27. The van der Waals surface area contributed by atoms with E-state index in [1.165, 1.54) is 44.4 Å². The molecule has 2 unspecified atom stereocenters. The summed E-state index contributed by atoms with van der Waals surface area (Å²) in [4.78, 5) is 1.55. The van der Waals surface area contributed by atoms with Crippen molar-refractivity contribution in [2.24, 2.45) is 5.92 Å². The molecule has 1 N–H and O–H groups in total. The summed E-state index contributed by atoms with van der Waals surface area (Å²) in [7, 11) is 0. The van der Waals surface area contributed by atoms with E-state index >= 15 is 0 Å². The summed E-state index contributed by atoms with van der Waals surface area (Å²) < 4.78 is 0. The van der Waals surface area contributed by atoms with Gasteiger partial charge in [-0.3, -0.25) is 0 Å². The van der Waals surface area contributed by atoms with E-state index in [0.29, 0.717) is 6.04 Å². The maximum atomic E-state index is 3.84. The van der Waals surface area contributed by atoms with Crippen LogP contribution in [-0.2, 0) is 0 Å². The van der Waals surface area contributed by atoms with Crippen molar-refractivity contribution >= 4 is 23.1 Å². The molecule has 3 rings (SSSR count). The summed E-state index contributed by atoms with van der Waals surface area (Å²) in [5.41, 5.74) is 0. The molecule has 94 valence electrons. The quantitative estimate of drug-likeness (QED) is 0.863. The molecule has 1 aliphatic heterocycles. The molecule has 2 fully saturated rings. The minimum absolute atomic E-state index is 0.650. The first-order valence-electron chi connectivity index (χ1n) is 6.82. The molecule has 2 heterocycles. The van der Waals surface area contributed by atoms with Crippen LogP contribution in [0.5, 0.6) is 0 Å². The molecule has 2 atom stereocenters. The van der Waals surface area contributed by atoms with E-state index in [-0.39, 0.29) is 0 Å². The summed E-state index contributed by atoms with van der Waals surface area (Å²) in [6, 6.07) is 5.14. The highest BCUT2D eigenvalue weighted by Gasteiger charge is 2.33. The van der Waals surface area contributed by atoms with E-state index in [2.05, 4.69) is 34.6 Å². The summed E-state index contributed by atoms with van der Waals surface area (Å²) >= 11 is 4.09. The minimum Gasteiger partial charge on any atom is -0.308 e. The summed E-state index contributed by atoms with van der Waals surface area (Å²) in [5, 5.41) is 6.92. The van der Waals surface area contributed by atoms with Crippen molar-refractivity contribution in [1.29, 1.82) is 0 Å². The smallest absolute Gasteiger partial charge is 0.0443 e. The van der Waals surface area contributed by atoms with Crippen LogP contribution in [-0.4, -0.2) is 17.5 Å². The highest BCUT2D eigenvalue weighted by molar-refractivity contribution is 7.99. The minimum atomic E-state index is 0.650. The van der Waals surface area contributed by atoms with Crippen LogP contribution in [0.1, 0.15) is 43.0 Å². The lowest BCUT2D eigenvalue weighted by atomic mass is 10.1. The van der Waals surface area contributed by atoms with E-state index in [1.807, 2.05) is 11.3 Å². The van der Waals surface area contributed by atoms with Crippen LogP contribution < -0.4 is 5.32 Å². The van der Waals surface area contributed by atoms with E-state index in [1.54, 1.807) is 4.88 Å². The number of nitrogens with one attached hydrogen (secondary N) is 1. The zero-order valence-corrected chi connectivity index (χ0v) is 11.9. The Morgan fingerprint density at radius 1 is 1.29 bits per heavy atom. The van der Waals surface area contributed by atoms with Gasteiger partial charge in [-0.1, -0.05) is 12.5 Å². The zero-order chi connectivity index (χ0) is 11.5. The topological polar surface area (TPSA) is 12.0 Å². The van der Waals surface area contributed by atoms with E-state index in [4.69, 9.17) is 0 Å². The van der Waals surface area contributed by atoms with Crippen LogP contribution in [0.15, 0.2) is 17.5 Å². The molecule has 1 saturated heterocycles. The summed E-state index contributed by atoms with van der Waals surface area (Å²) in [6.07, 6.45) is 7.13. The molecule has 1 nitrogen and oxygen atoms in total. The third-order valence-corrected chi connectivity index (χ3v) is 6.14. The van der Waals surface area contributed by atoms with Crippen molar-refractivity contribution in [2.45, 2.75) is 43.4 Å². The standard InChI is InChI=1S/C14H21NS2/c1-2-8-16-12(4-1)10-15-14(11-6-7-11)13-5-3-9-17-13/h3,5,9,11-12,14-15H,1-2,4,6-8,10H2. The Morgan fingerprint density at radius 2 is 2.24 bits per heavy atom. The van der Waals surface area contributed by atoms with E-state index in [9.17, 15) is 0 Å². The van der Waals surface area contributed by atoms with Gasteiger partial charge in [-0.25, -0.2) is 0 Å². The van der Waals surface area contributed by atoms with Crippen molar-refractivity contribution in [3.8, 4) is 0 Å². The average Bonchev–Trinajstić information content (AvgIpc) is 3.06. The van der Waals surface area contributed by atoms with E-state index in [0.717, 1.165) is 11.2 Å². The Morgan fingerprint density at radius 3 is 2.88 bits per heavy atom. The predicted octanol–water partition coefficient (Wildman–Crippen LogP) is 4.07. The van der Waals surface area contributed by atoms with Crippen LogP contribution >= 0.6 is 23.1 Å². The Labute approximate surface area is 112 Å². The van der Waals surface area contributed by atoms with Crippen molar-refractivity contribution in [3.63, 3.8) is 0 Å². The lowest BCUT2D eigenvalue weighted by Crippen LogP contribution is -2.30. The zero-order valence-electron chi connectivity index (χ0n) is 10.2. The van der Waals surface area contributed by atoms with Gasteiger partial charge in [0.25, 0.3) is 0 Å². The van der Waals surface area contributed by atoms with E-state index < -0.39 is 0 Å². The van der Waals surface area contributed by atoms with Gasteiger partial charge in [0.15, 0.2) is 0 Å². The van der Waals surface area contributed by atoms with Crippen LogP contribution in [0.4, 0.5) is 0 Å². The molecule has 1 aromatic rings. The van der Waals surface area contributed by atoms with Crippen LogP contribution in [0.3, 0.4) is 0 Å². The molecule has 0 aromatic carbocycles. The summed E-state index contributed by atoms with van der Waals surface area (Å²) in [5.74, 6) is 2.29. The second kappa shape index (κ2) is 5.77. The molecular formula is C14H21NS2. The molecule has 17 heavy (non-hydrogen) atoms. The SMILES string of the molecule is c1csc(C(NCC2CCCCS2)C2CC2)c1. The fraction of sp³-hybridized carbons (Fsp3) is 0.714. The Kier molecular flexibility index (Phi) is 4.09. The van der Waals surface area contributed by atoms with Crippen LogP contribution in [0.2, 0.25) is 0 Å². The van der Waals surface area contributed by atoms with Gasteiger partial charge in [-0.15, -0.1) is 11.3 Å². The number of hydrogen-bond acceptors (Lipinski definition) is 3. The molecule has 1 aromatic heterocycles. The van der Waals surface area contributed by atoms with Gasteiger partial charge in [0.2, 0.25) is 0 Å². The highest BCUT2D eigenvalue weighted by atomic mass is 32.2. The Bertz CT molecular complexity index is 326. The van der Waals surface area contributed by atoms with Gasteiger partial charge < -0.3 is 5.32 Å². The highest BCUT2D eigenvalue weighted by Crippen LogP contribution is 2.42. The third-order valence-electron chi connectivity index (χ3n) is 3.78. The second-order valence-electron chi connectivity index (χ2n) is 5.23. The molecule has 1 aliphatic carbocycles. The first-order chi connectivity index (χ1) is 8.43. The first kappa shape index (κ1) is 12.1. The normalized spacial score (nSPS) is 26.9. The maximum absolute atomic E-state index is 3.84. The number of hydrogen-bond donors (Lipinski definition) is 1. The molecule has 0 amide bonds. The summed E-state index contributed by atoms with van der Waals surface area (Å²) in [6.45, 7) is 1.21. The maximum Gasteiger partial charge on any atom is 0.0443 e. The van der Waals surface area contributed by atoms with Gasteiger partial charge in [0.05, 0.1) is 0 Å². The van der Waals surface area contributed by atoms with Crippen LogP contribution in [0, 0.1) is 5.92 Å². The predicted molar refractivity (Wildman–Crippen MR) is 77.9 cm³/mol. The Hall–Kier alpha value is 0.01000. The molecule has 2 aliphatic rings.